The average Bonchev–Trinajstić information content (AvgIpc) is 3.26. The summed E-state index contributed by atoms with van der Waals surface area (Å²) in [6.07, 6.45) is 3.43. The number of aryl methyl sites for hydroxylation is 2. The molecule has 1 aliphatic heterocycles. The molecule has 2 N–H and O–H groups in total. The van der Waals surface area contributed by atoms with E-state index in [1.807, 2.05) is 13.1 Å². The Morgan fingerprint density at radius 2 is 1.94 bits per heavy atom. The Bertz CT molecular complexity index is 1400. The fraction of sp³-hybridized carbons (Fsp3) is 0.217. The third-order valence-corrected chi connectivity index (χ3v) is 6.22. The van der Waals surface area contributed by atoms with Crippen LogP contribution < -0.4 is 10.6 Å². The van der Waals surface area contributed by atoms with Crippen molar-refractivity contribution in [3.8, 4) is 11.1 Å². The van der Waals surface area contributed by atoms with E-state index >= 15 is 4.39 Å². The first-order chi connectivity index (χ1) is 15.7. The Hall–Kier alpha value is -3.72. The van der Waals surface area contributed by atoms with E-state index in [4.69, 9.17) is 17.3 Å². The van der Waals surface area contributed by atoms with Crippen LogP contribution >= 0.6 is 11.6 Å². The lowest BCUT2D eigenvalue weighted by molar-refractivity contribution is 0.219. The number of urea groups is 1. The van der Waals surface area contributed by atoms with E-state index in [1.165, 1.54) is 6.07 Å². The molecule has 3 aromatic heterocycles. The Morgan fingerprint density at radius 3 is 2.64 bits per heavy atom. The third kappa shape index (κ3) is 3.45. The van der Waals surface area contributed by atoms with Crippen LogP contribution in [-0.4, -0.2) is 44.0 Å². The molecule has 33 heavy (non-hydrogen) atoms. The molecule has 1 aliphatic rings. The van der Waals surface area contributed by atoms with Crippen molar-refractivity contribution in [2.24, 2.45) is 7.05 Å². The van der Waals surface area contributed by atoms with E-state index in [-0.39, 0.29) is 12.1 Å². The van der Waals surface area contributed by atoms with Gasteiger partial charge in [-0.3, -0.25) is 4.90 Å². The summed E-state index contributed by atoms with van der Waals surface area (Å²) in [5, 5.41) is 0.983. The minimum Gasteiger partial charge on any atom is -0.383 e. The van der Waals surface area contributed by atoms with Crippen LogP contribution in [-0.2, 0) is 7.05 Å². The number of carbonyl (C=O) groups is 1. The lowest BCUT2D eigenvalue weighted by Crippen LogP contribution is -2.29. The maximum absolute atomic E-state index is 15.4. The number of nitrogens with two attached hydrogens (primary N) is 1. The molecule has 4 heterocycles. The zero-order valence-electron chi connectivity index (χ0n) is 18.3. The van der Waals surface area contributed by atoms with Gasteiger partial charge in [-0.1, -0.05) is 17.7 Å². The molecule has 8 nitrogen and oxygen atoms in total. The molecular weight excluding hydrogens is 445 g/mol. The van der Waals surface area contributed by atoms with Gasteiger partial charge in [0, 0.05) is 43.3 Å². The minimum atomic E-state index is -0.466. The average molecular weight is 466 g/mol. The predicted octanol–water partition coefficient (Wildman–Crippen LogP) is 4.33. The molecule has 0 radical (unpaired) electrons. The number of pyridine rings is 1. The molecule has 4 aromatic rings. The second-order valence-electron chi connectivity index (χ2n) is 8.11. The molecule has 0 spiro atoms. The van der Waals surface area contributed by atoms with Gasteiger partial charge in [-0.2, -0.15) is 0 Å². The number of amides is 2. The summed E-state index contributed by atoms with van der Waals surface area (Å²) in [7, 11) is 3.54. The number of fused-ring (bicyclic) bond motifs is 1. The number of likely N-dealkylation sites (N-methyl/N-ethyl adjacent to an activating group) is 1. The van der Waals surface area contributed by atoms with Crippen molar-refractivity contribution in [3.63, 3.8) is 0 Å². The molecule has 1 unspecified atom stereocenters. The number of hydrogen-bond donors (Lipinski definition) is 1. The van der Waals surface area contributed by atoms with Crippen molar-refractivity contribution < 1.29 is 9.18 Å². The topological polar surface area (TPSA) is 93.2 Å². The van der Waals surface area contributed by atoms with E-state index < -0.39 is 5.82 Å². The molecule has 0 bridgehead atoms. The van der Waals surface area contributed by atoms with E-state index in [0.29, 0.717) is 51.2 Å². The van der Waals surface area contributed by atoms with Gasteiger partial charge in [-0.25, -0.2) is 24.1 Å². The molecule has 0 saturated carbocycles. The molecule has 1 fully saturated rings. The number of aromatic nitrogens is 4. The van der Waals surface area contributed by atoms with Crippen LogP contribution in [0.4, 0.5) is 20.7 Å². The van der Waals surface area contributed by atoms with Crippen LogP contribution in [0.1, 0.15) is 17.4 Å². The molecule has 1 aromatic carbocycles. The van der Waals surface area contributed by atoms with E-state index in [1.54, 1.807) is 58.9 Å². The van der Waals surface area contributed by atoms with Crippen molar-refractivity contribution in [2.75, 3.05) is 24.2 Å². The number of benzene rings is 1. The number of halogens is 2. The zero-order chi connectivity index (χ0) is 23.4. The fourth-order valence-electron chi connectivity index (χ4n) is 4.33. The van der Waals surface area contributed by atoms with Crippen molar-refractivity contribution in [1.82, 2.24) is 24.4 Å². The molecule has 10 heteroatoms. The Labute approximate surface area is 194 Å². The normalized spacial score (nSPS) is 16.3. The monoisotopic (exact) mass is 465 g/mol. The third-order valence-electron chi connectivity index (χ3n) is 6.00. The van der Waals surface area contributed by atoms with Crippen molar-refractivity contribution in [1.29, 1.82) is 0 Å². The highest BCUT2D eigenvalue weighted by molar-refractivity contribution is 6.29. The number of anilines is 2. The fourth-order valence-corrected chi connectivity index (χ4v) is 4.44. The highest BCUT2D eigenvalue weighted by atomic mass is 35.5. The van der Waals surface area contributed by atoms with Gasteiger partial charge in [0.25, 0.3) is 0 Å². The second kappa shape index (κ2) is 7.70. The number of rotatable bonds is 3. The van der Waals surface area contributed by atoms with Gasteiger partial charge >= 0.3 is 6.03 Å². The van der Waals surface area contributed by atoms with Crippen molar-refractivity contribution in [3.05, 3.63) is 65.1 Å². The Balaban J connectivity index is 1.51. The Kier molecular flexibility index (Phi) is 4.93. The van der Waals surface area contributed by atoms with Crippen molar-refractivity contribution >= 4 is 40.2 Å². The van der Waals surface area contributed by atoms with Gasteiger partial charge in [-0.05, 0) is 36.8 Å². The molecule has 1 atom stereocenters. The van der Waals surface area contributed by atoms with E-state index in [2.05, 4.69) is 15.0 Å². The standard InChI is InChI=1S/C23H21ClFN7O/c1-12-28-21(26)20-16(10-30(2)22(20)29-12)15-6-5-14(8-17(15)25)32-11-18(31(3)23(32)33)13-4-7-19(24)27-9-13/h4-10,18H,11H2,1-3H3,(H2,26,28,29). The summed E-state index contributed by atoms with van der Waals surface area (Å²) < 4.78 is 17.2. The SMILES string of the molecule is Cc1nc(N)c2c(-c3ccc(N4CC(c5ccc(Cl)nc5)N(C)C4=O)cc3F)cn(C)c2n1. The summed E-state index contributed by atoms with van der Waals surface area (Å²) >= 11 is 5.89. The summed E-state index contributed by atoms with van der Waals surface area (Å²) in [6.45, 7) is 2.13. The zero-order valence-corrected chi connectivity index (χ0v) is 19.0. The first-order valence-corrected chi connectivity index (χ1v) is 10.7. The number of nitrogen functional groups attached to an aromatic ring is 1. The molecule has 0 aliphatic carbocycles. The summed E-state index contributed by atoms with van der Waals surface area (Å²) in [6, 6.07) is 7.84. The lowest BCUT2D eigenvalue weighted by Gasteiger charge is -2.17. The molecule has 5 rings (SSSR count). The van der Waals surface area contributed by atoms with Gasteiger partial charge in [0.1, 0.15) is 28.3 Å². The van der Waals surface area contributed by atoms with Gasteiger partial charge in [0.2, 0.25) is 0 Å². The molecule has 168 valence electrons. The van der Waals surface area contributed by atoms with Gasteiger partial charge in [-0.15, -0.1) is 0 Å². The van der Waals surface area contributed by atoms with Crippen molar-refractivity contribution in [2.45, 2.75) is 13.0 Å². The molecule has 2 amide bonds. The summed E-state index contributed by atoms with van der Waals surface area (Å²) in [5.41, 5.74) is 9.07. The second-order valence-corrected chi connectivity index (χ2v) is 8.49. The highest BCUT2D eigenvalue weighted by Crippen LogP contribution is 2.37. The Morgan fingerprint density at radius 1 is 1.15 bits per heavy atom. The largest absolute Gasteiger partial charge is 0.383 e. The number of hydrogen-bond acceptors (Lipinski definition) is 5. The highest BCUT2D eigenvalue weighted by Gasteiger charge is 2.37. The summed E-state index contributed by atoms with van der Waals surface area (Å²) in [5.74, 6) is 0.380. The maximum Gasteiger partial charge on any atom is 0.324 e. The summed E-state index contributed by atoms with van der Waals surface area (Å²) in [4.78, 5) is 28.9. The molecule has 1 saturated heterocycles. The van der Waals surface area contributed by atoms with Crippen LogP contribution in [0.2, 0.25) is 5.15 Å². The van der Waals surface area contributed by atoms with Crippen LogP contribution in [0.5, 0.6) is 0 Å². The predicted molar refractivity (Wildman–Crippen MR) is 126 cm³/mol. The van der Waals surface area contributed by atoms with Crippen LogP contribution in [0.25, 0.3) is 22.2 Å². The first-order valence-electron chi connectivity index (χ1n) is 10.3. The van der Waals surface area contributed by atoms with Gasteiger partial charge in [0.15, 0.2) is 0 Å². The minimum absolute atomic E-state index is 0.219. The number of nitrogens with zero attached hydrogens (tertiary/aromatic N) is 6. The maximum atomic E-state index is 15.4. The number of carbonyl (C=O) groups excluding carboxylic acids is 1. The first kappa shape index (κ1) is 21.1. The lowest BCUT2D eigenvalue weighted by atomic mass is 10.0. The van der Waals surface area contributed by atoms with Crippen LogP contribution in [0.15, 0.2) is 42.7 Å². The molecular formula is C23H21ClFN7O. The van der Waals surface area contributed by atoms with Gasteiger partial charge in [0.05, 0.1) is 18.0 Å². The van der Waals surface area contributed by atoms with E-state index in [9.17, 15) is 4.79 Å². The van der Waals surface area contributed by atoms with Crippen LogP contribution in [0, 0.1) is 12.7 Å². The van der Waals surface area contributed by atoms with Gasteiger partial charge < -0.3 is 15.2 Å². The quantitative estimate of drug-likeness (QED) is 0.455. The van der Waals surface area contributed by atoms with Crippen LogP contribution in [0.3, 0.4) is 0 Å². The smallest absolute Gasteiger partial charge is 0.324 e. The van der Waals surface area contributed by atoms with E-state index in [0.717, 1.165) is 5.56 Å².